The topological polar surface area (TPSA) is 87.5 Å². The van der Waals surface area contributed by atoms with Gasteiger partial charge in [0, 0.05) is 47.0 Å². The Kier molecular flexibility index (Phi) is 4.84. The molecule has 0 atom stereocenters. The zero-order valence-electron chi connectivity index (χ0n) is 19.1. The number of carbonyl (C=O) groups excluding carboxylic acids is 1. The van der Waals surface area contributed by atoms with Crippen molar-refractivity contribution in [1.82, 2.24) is 19.4 Å². The predicted molar refractivity (Wildman–Crippen MR) is 137 cm³/mol. The van der Waals surface area contributed by atoms with Crippen molar-refractivity contribution in [1.29, 1.82) is 0 Å². The second-order valence-corrected chi connectivity index (χ2v) is 8.59. The maximum atomic E-state index is 13.0. The molecule has 6 rings (SSSR count). The van der Waals surface area contributed by atoms with Crippen LogP contribution in [-0.4, -0.2) is 65.7 Å². The first kappa shape index (κ1) is 20.5. The monoisotopic (exact) mass is 459 g/mol. The van der Waals surface area contributed by atoms with Gasteiger partial charge in [-0.15, -0.1) is 0 Å². The second kappa shape index (κ2) is 8.03. The summed E-state index contributed by atoms with van der Waals surface area (Å²) in [6.45, 7) is 4.05. The van der Waals surface area contributed by atoms with Gasteiger partial charge < -0.3 is 25.2 Å². The fourth-order valence-electron chi connectivity index (χ4n) is 4.56. The molecule has 2 aromatic carbocycles. The van der Waals surface area contributed by atoms with Gasteiger partial charge in [-0.2, -0.15) is 4.98 Å². The van der Waals surface area contributed by atoms with Gasteiger partial charge in [-0.05, 0) is 37.4 Å². The number of carbonyl (C=O) groups is 1. The number of anilines is 5. The molecular formula is C25H29N7O2. The quantitative estimate of drug-likeness (QED) is 0.414. The average molecular weight is 460 g/mol. The van der Waals surface area contributed by atoms with Gasteiger partial charge in [0.25, 0.3) is 5.91 Å². The summed E-state index contributed by atoms with van der Waals surface area (Å²) in [5.74, 6) is 1.61. The molecule has 9 nitrogen and oxygen atoms in total. The highest BCUT2D eigenvalue weighted by Crippen LogP contribution is 2.35. The van der Waals surface area contributed by atoms with Crippen molar-refractivity contribution in [2.45, 2.75) is 0 Å². The summed E-state index contributed by atoms with van der Waals surface area (Å²) < 4.78 is 7.29. The normalized spacial score (nSPS) is 15.6. The van der Waals surface area contributed by atoms with Crippen LogP contribution in [0.3, 0.4) is 0 Å². The van der Waals surface area contributed by atoms with Crippen molar-refractivity contribution in [3.63, 3.8) is 0 Å². The third-order valence-corrected chi connectivity index (χ3v) is 6.46. The van der Waals surface area contributed by atoms with E-state index in [0.29, 0.717) is 28.4 Å². The molecule has 2 aliphatic rings. The average Bonchev–Trinajstić information content (AvgIpc) is 3.24. The number of nitrogens with zero attached hydrogens (tertiary/aromatic N) is 5. The zero-order chi connectivity index (χ0) is 23.2. The number of benzene rings is 2. The Morgan fingerprint density at radius 2 is 1.88 bits per heavy atom. The summed E-state index contributed by atoms with van der Waals surface area (Å²) in [5, 5.41) is 6.63. The fraction of sp³-hybridized carbons (Fsp3) is 0.240. The van der Waals surface area contributed by atoms with Crippen LogP contribution in [0, 0.1) is 0 Å². The summed E-state index contributed by atoms with van der Waals surface area (Å²) in [4.78, 5) is 27.1. The van der Waals surface area contributed by atoms with E-state index in [2.05, 4.69) is 38.5 Å². The SMILES string of the molecule is COc1cc(N2CCN(C)CC2)ccc1Nc1nc2c3c(ccn3C(=O)c3ccccc3N2)n1.[HH].[HH]. The number of piperazine rings is 1. The Balaban J connectivity index is 0.00000152. The first-order valence-corrected chi connectivity index (χ1v) is 11.3. The van der Waals surface area contributed by atoms with Crippen molar-refractivity contribution >= 4 is 45.8 Å². The van der Waals surface area contributed by atoms with Gasteiger partial charge >= 0.3 is 0 Å². The molecule has 4 aromatic rings. The van der Waals surface area contributed by atoms with E-state index in [0.717, 1.165) is 49.0 Å². The molecule has 0 radical (unpaired) electrons. The number of rotatable bonds is 4. The maximum Gasteiger partial charge on any atom is 0.264 e. The lowest BCUT2D eigenvalue weighted by Crippen LogP contribution is -2.44. The number of ether oxygens (including phenoxy) is 1. The molecule has 1 saturated heterocycles. The minimum absolute atomic E-state index is 0. The van der Waals surface area contributed by atoms with Crippen molar-refractivity contribution in [2.24, 2.45) is 0 Å². The molecule has 2 aromatic heterocycles. The van der Waals surface area contributed by atoms with Gasteiger partial charge in [-0.3, -0.25) is 9.36 Å². The molecule has 0 unspecified atom stereocenters. The van der Waals surface area contributed by atoms with Gasteiger partial charge in [0.2, 0.25) is 5.95 Å². The summed E-state index contributed by atoms with van der Waals surface area (Å²) in [7, 11) is 3.81. The van der Waals surface area contributed by atoms with E-state index < -0.39 is 0 Å². The van der Waals surface area contributed by atoms with E-state index in [4.69, 9.17) is 9.72 Å². The minimum atomic E-state index is -0.109. The lowest BCUT2D eigenvalue weighted by molar-refractivity contribution is 0.0966. The largest absolute Gasteiger partial charge is 0.494 e. The first-order chi connectivity index (χ1) is 16.6. The second-order valence-electron chi connectivity index (χ2n) is 8.59. The standard InChI is InChI=1S/C25H25N7O2.2H2/c1-30-11-13-31(14-12-30)16-7-8-19(21(15-16)34-2)27-25-28-20-9-10-32-22(20)23(29-25)26-18-6-4-3-5-17(18)24(32)33;;/h3-10,15H,11-14H2,1-2H3,(H2,26,27,28,29);2*1H. The Morgan fingerprint density at radius 1 is 1.06 bits per heavy atom. The Labute approximate surface area is 199 Å². The van der Waals surface area contributed by atoms with E-state index in [-0.39, 0.29) is 8.76 Å². The van der Waals surface area contributed by atoms with Crippen LogP contribution < -0.4 is 20.3 Å². The lowest BCUT2D eigenvalue weighted by atomic mass is 10.1. The molecule has 9 heteroatoms. The van der Waals surface area contributed by atoms with Crippen molar-refractivity contribution in [3.8, 4) is 5.75 Å². The molecule has 0 saturated carbocycles. The van der Waals surface area contributed by atoms with E-state index in [1.165, 1.54) is 0 Å². The molecule has 0 amide bonds. The third-order valence-electron chi connectivity index (χ3n) is 6.46. The Hall–Kier alpha value is -4.11. The Bertz CT molecular complexity index is 1420. The molecule has 2 N–H and O–H groups in total. The Morgan fingerprint density at radius 3 is 2.71 bits per heavy atom. The van der Waals surface area contributed by atoms with Crippen molar-refractivity contribution in [3.05, 3.63) is 60.3 Å². The summed E-state index contributed by atoms with van der Waals surface area (Å²) in [5.41, 5.74) is 4.55. The number of hydrogen-bond donors (Lipinski definition) is 2. The molecule has 0 bridgehead atoms. The number of fused-ring (bicyclic) bond motifs is 1. The van der Waals surface area contributed by atoms with Crippen LogP contribution in [0.4, 0.5) is 28.8 Å². The lowest BCUT2D eigenvalue weighted by Gasteiger charge is -2.34. The highest BCUT2D eigenvalue weighted by Gasteiger charge is 2.24. The highest BCUT2D eigenvalue weighted by molar-refractivity contribution is 6.10. The molecule has 0 spiro atoms. The van der Waals surface area contributed by atoms with Gasteiger partial charge in [-0.25, -0.2) is 4.98 Å². The van der Waals surface area contributed by atoms with E-state index >= 15 is 0 Å². The molecule has 176 valence electrons. The molecule has 34 heavy (non-hydrogen) atoms. The molecule has 0 aliphatic carbocycles. The third kappa shape index (κ3) is 3.41. The number of para-hydroxylation sites is 1. The predicted octanol–water partition coefficient (Wildman–Crippen LogP) is 4.17. The van der Waals surface area contributed by atoms with E-state index in [1.54, 1.807) is 17.9 Å². The first-order valence-electron chi connectivity index (χ1n) is 11.3. The maximum absolute atomic E-state index is 13.0. The van der Waals surface area contributed by atoms with Crippen LogP contribution in [0.5, 0.6) is 5.75 Å². The summed E-state index contributed by atoms with van der Waals surface area (Å²) >= 11 is 0. The van der Waals surface area contributed by atoms with E-state index in [1.807, 2.05) is 42.5 Å². The number of likely N-dealkylation sites (N-methyl/N-ethyl adjacent to an activating group) is 1. The van der Waals surface area contributed by atoms with Crippen molar-refractivity contribution < 1.29 is 12.4 Å². The van der Waals surface area contributed by atoms with Crippen LogP contribution in [0.15, 0.2) is 54.7 Å². The minimum Gasteiger partial charge on any atom is -0.494 e. The molecule has 4 heterocycles. The number of nitrogens with one attached hydrogen (secondary N) is 2. The van der Waals surface area contributed by atoms with Gasteiger partial charge in [0.15, 0.2) is 5.82 Å². The zero-order valence-corrected chi connectivity index (χ0v) is 19.1. The summed E-state index contributed by atoms with van der Waals surface area (Å²) in [6.07, 6.45) is 1.74. The van der Waals surface area contributed by atoms with Crippen molar-refractivity contribution in [2.75, 3.05) is 55.9 Å². The fourth-order valence-corrected chi connectivity index (χ4v) is 4.56. The van der Waals surface area contributed by atoms with Crippen LogP contribution in [0.25, 0.3) is 11.0 Å². The molecule has 1 fully saturated rings. The number of aromatic nitrogens is 3. The molecule has 2 aliphatic heterocycles. The highest BCUT2D eigenvalue weighted by atomic mass is 16.5. The van der Waals surface area contributed by atoms with Gasteiger partial charge in [0.1, 0.15) is 11.3 Å². The molecular weight excluding hydrogens is 430 g/mol. The van der Waals surface area contributed by atoms with Gasteiger partial charge in [0.05, 0.1) is 29.6 Å². The van der Waals surface area contributed by atoms with Crippen LogP contribution >= 0.6 is 0 Å². The van der Waals surface area contributed by atoms with E-state index in [9.17, 15) is 4.79 Å². The van der Waals surface area contributed by atoms with Crippen LogP contribution in [0.1, 0.15) is 13.2 Å². The van der Waals surface area contributed by atoms with Crippen LogP contribution in [-0.2, 0) is 0 Å². The smallest absolute Gasteiger partial charge is 0.264 e. The number of hydrogen-bond acceptors (Lipinski definition) is 8. The van der Waals surface area contributed by atoms with Gasteiger partial charge in [-0.1, -0.05) is 12.1 Å². The van der Waals surface area contributed by atoms with Crippen LogP contribution in [0.2, 0.25) is 0 Å². The summed E-state index contributed by atoms with van der Waals surface area (Å²) in [6, 6.07) is 15.4. The number of methoxy groups -OCH3 is 1.